The Labute approximate surface area is 166 Å². The Morgan fingerprint density at radius 2 is 1.96 bits per heavy atom. The van der Waals surface area contributed by atoms with Gasteiger partial charge in [-0.25, -0.2) is 10.4 Å². The van der Waals surface area contributed by atoms with Crippen molar-refractivity contribution < 1.29 is 9.53 Å². The van der Waals surface area contributed by atoms with Gasteiger partial charge in [0.15, 0.2) is 0 Å². The van der Waals surface area contributed by atoms with E-state index in [2.05, 4.69) is 20.5 Å². The summed E-state index contributed by atoms with van der Waals surface area (Å²) < 4.78 is 5.14. The number of benzene rings is 1. The number of hydrogen-bond acceptors (Lipinski definition) is 6. The summed E-state index contributed by atoms with van der Waals surface area (Å²) in [6.07, 6.45) is 0.569. The monoisotopic (exact) mass is 398 g/mol. The minimum absolute atomic E-state index is 0.0412. The van der Waals surface area contributed by atoms with Crippen LogP contribution in [-0.2, 0) is 17.6 Å². The number of fused-ring (bicyclic) bond motifs is 1. The molecule has 0 aliphatic carbocycles. The average Bonchev–Trinajstić information content (AvgIpc) is 2.95. The van der Waals surface area contributed by atoms with E-state index in [1.54, 1.807) is 7.11 Å². The molecule has 3 aromatic rings. The van der Waals surface area contributed by atoms with Gasteiger partial charge in [0, 0.05) is 17.0 Å². The van der Waals surface area contributed by atoms with Gasteiger partial charge >= 0.3 is 0 Å². The molecule has 3 rings (SSSR count). The molecule has 0 spiro atoms. The van der Waals surface area contributed by atoms with Crippen LogP contribution in [0, 0.1) is 13.8 Å². The van der Waals surface area contributed by atoms with E-state index in [-0.39, 0.29) is 17.9 Å². The molecule has 0 aliphatic rings. The summed E-state index contributed by atoms with van der Waals surface area (Å²) in [7, 11) is 1.62. The molecular weight excluding hydrogens is 376 g/mol. The zero-order valence-electron chi connectivity index (χ0n) is 16.3. The number of carbonyl (C=O) groups excluding carboxylic acids is 1. The minimum Gasteiger partial charge on any atom is -0.497 e. The fourth-order valence-electron chi connectivity index (χ4n) is 2.81. The first kappa shape index (κ1) is 19.8. The molecule has 2 aromatic heterocycles. The SMILES string of the molecule is COc1ccc(C/C(C)=N\NC(=O)Cc2nc3sc(C)c(C)c3c(=O)[nH]2)cc1. The molecule has 7 nitrogen and oxygen atoms in total. The van der Waals surface area contributed by atoms with Crippen molar-refractivity contribution >= 4 is 33.2 Å². The van der Waals surface area contributed by atoms with Crippen LogP contribution in [0.2, 0.25) is 0 Å². The molecule has 2 heterocycles. The van der Waals surface area contributed by atoms with Gasteiger partial charge in [-0.15, -0.1) is 11.3 Å². The lowest BCUT2D eigenvalue weighted by Gasteiger charge is -2.05. The van der Waals surface area contributed by atoms with Crippen LogP contribution >= 0.6 is 11.3 Å². The molecule has 0 bridgehead atoms. The van der Waals surface area contributed by atoms with E-state index in [0.29, 0.717) is 22.5 Å². The third-order valence-corrected chi connectivity index (χ3v) is 5.51. The van der Waals surface area contributed by atoms with E-state index in [1.165, 1.54) is 11.3 Å². The summed E-state index contributed by atoms with van der Waals surface area (Å²) in [6.45, 7) is 5.69. The van der Waals surface area contributed by atoms with Gasteiger partial charge in [-0.1, -0.05) is 12.1 Å². The van der Waals surface area contributed by atoms with Gasteiger partial charge in [0.1, 0.15) is 16.4 Å². The second-order valence-corrected chi connectivity index (χ2v) is 7.76. The van der Waals surface area contributed by atoms with E-state index in [9.17, 15) is 9.59 Å². The molecule has 1 aromatic carbocycles. The summed E-state index contributed by atoms with van der Waals surface area (Å²) in [5, 5.41) is 4.73. The van der Waals surface area contributed by atoms with Crippen molar-refractivity contribution in [3.63, 3.8) is 0 Å². The van der Waals surface area contributed by atoms with Crippen LogP contribution in [0.3, 0.4) is 0 Å². The minimum atomic E-state index is -0.332. The molecule has 2 N–H and O–H groups in total. The van der Waals surface area contributed by atoms with E-state index in [1.807, 2.05) is 45.0 Å². The predicted molar refractivity (Wildman–Crippen MR) is 111 cm³/mol. The first-order chi connectivity index (χ1) is 13.4. The third-order valence-electron chi connectivity index (χ3n) is 4.41. The maximum Gasteiger partial charge on any atom is 0.259 e. The van der Waals surface area contributed by atoms with Crippen molar-refractivity contribution in [1.29, 1.82) is 0 Å². The van der Waals surface area contributed by atoms with Crippen molar-refractivity contribution in [2.45, 2.75) is 33.6 Å². The summed E-state index contributed by atoms with van der Waals surface area (Å²) in [4.78, 5) is 33.3. The number of aryl methyl sites for hydroxylation is 2. The lowest BCUT2D eigenvalue weighted by molar-refractivity contribution is -0.120. The highest BCUT2D eigenvalue weighted by atomic mass is 32.1. The number of carbonyl (C=O) groups is 1. The van der Waals surface area contributed by atoms with Crippen molar-refractivity contribution in [3.05, 3.63) is 56.4 Å². The standard InChI is InChI=1S/C20H22N4O3S/c1-11(9-14-5-7-15(27-4)8-6-14)23-24-17(25)10-16-21-19(26)18-12(2)13(3)28-20(18)22-16/h5-8H,9-10H2,1-4H3,(H,24,25)(H,21,22,26)/b23-11-. The summed E-state index contributed by atoms with van der Waals surface area (Å²) in [5.41, 5.74) is 5.07. The Morgan fingerprint density at radius 3 is 2.64 bits per heavy atom. The Hall–Kier alpha value is -3.00. The molecule has 0 fully saturated rings. The number of aromatic amines is 1. The van der Waals surface area contributed by atoms with E-state index >= 15 is 0 Å². The number of nitrogens with zero attached hydrogens (tertiary/aromatic N) is 2. The molecule has 0 atom stereocenters. The summed E-state index contributed by atoms with van der Waals surface area (Å²) in [5.74, 6) is 0.794. The highest BCUT2D eigenvalue weighted by Crippen LogP contribution is 2.25. The second-order valence-electron chi connectivity index (χ2n) is 6.56. The number of hydrogen-bond donors (Lipinski definition) is 2. The largest absolute Gasteiger partial charge is 0.497 e. The molecule has 1 amide bonds. The number of aromatic nitrogens is 2. The van der Waals surface area contributed by atoms with Crippen LogP contribution < -0.4 is 15.7 Å². The van der Waals surface area contributed by atoms with E-state index < -0.39 is 0 Å². The lowest BCUT2D eigenvalue weighted by Crippen LogP contribution is -2.24. The van der Waals surface area contributed by atoms with Crippen molar-refractivity contribution in [1.82, 2.24) is 15.4 Å². The van der Waals surface area contributed by atoms with Gasteiger partial charge in [-0.2, -0.15) is 5.10 Å². The molecular formula is C20H22N4O3S. The van der Waals surface area contributed by atoms with Gasteiger partial charge < -0.3 is 9.72 Å². The van der Waals surface area contributed by atoms with Crippen LogP contribution in [0.1, 0.15) is 28.8 Å². The number of thiophene rings is 1. The Balaban J connectivity index is 1.64. The van der Waals surface area contributed by atoms with Gasteiger partial charge in [0.2, 0.25) is 5.91 Å². The molecule has 0 saturated heterocycles. The maximum absolute atomic E-state index is 12.3. The number of hydrazone groups is 1. The van der Waals surface area contributed by atoms with Gasteiger partial charge in [-0.05, 0) is 44.0 Å². The number of H-pyrrole nitrogens is 1. The molecule has 8 heteroatoms. The first-order valence-electron chi connectivity index (χ1n) is 8.81. The maximum atomic E-state index is 12.3. The smallest absolute Gasteiger partial charge is 0.259 e. The molecule has 0 unspecified atom stereocenters. The highest BCUT2D eigenvalue weighted by molar-refractivity contribution is 7.18. The Kier molecular flexibility index (Phi) is 5.89. The number of nitrogens with one attached hydrogen (secondary N) is 2. The number of methoxy groups -OCH3 is 1. The fourth-order valence-corrected chi connectivity index (χ4v) is 3.86. The molecule has 0 saturated carbocycles. The van der Waals surface area contributed by atoms with Crippen LogP contribution in [0.25, 0.3) is 10.2 Å². The van der Waals surface area contributed by atoms with Crippen molar-refractivity contribution in [2.75, 3.05) is 7.11 Å². The van der Waals surface area contributed by atoms with Crippen molar-refractivity contribution in [3.8, 4) is 5.75 Å². The zero-order chi connectivity index (χ0) is 20.3. The zero-order valence-corrected chi connectivity index (χ0v) is 17.1. The van der Waals surface area contributed by atoms with Crippen LogP contribution in [0.15, 0.2) is 34.2 Å². The van der Waals surface area contributed by atoms with Crippen LogP contribution in [-0.4, -0.2) is 28.7 Å². The molecule has 0 aliphatic heterocycles. The number of amides is 1. The topological polar surface area (TPSA) is 96.4 Å². The molecule has 0 radical (unpaired) electrons. The fraction of sp³-hybridized carbons (Fsp3) is 0.300. The molecule has 28 heavy (non-hydrogen) atoms. The third kappa shape index (κ3) is 4.45. The Morgan fingerprint density at radius 1 is 1.25 bits per heavy atom. The van der Waals surface area contributed by atoms with Gasteiger partial charge in [0.25, 0.3) is 5.56 Å². The van der Waals surface area contributed by atoms with Gasteiger partial charge in [-0.3, -0.25) is 9.59 Å². The summed E-state index contributed by atoms with van der Waals surface area (Å²) in [6, 6.07) is 7.67. The van der Waals surface area contributed by atoms with E-state index in [0.717, 1.165) is 27.5 Å². The lowest BCUT2D eigenvalue weighted by atomic mass is 10.1. The van der Waals surface area contributed by atoms with E-state index in [4.69, 9.17) is 4.74 Å². The second kappa shape index (κ2) is 8.35. The average molecular weight is 398 g/mol. The molecule has 146 valence electrons. The highest BCUT2D eigenvalue weighted by Gasteiger charge is 2.13. The van der Waals surface area contributed by atoms with Crippen LogP contribution in [0.5, 0.6) is 5.75 Å². The summed E-state index contributed by atoms with van der Waals surface area (Å²) >= 11 is 1.46. The predicted octanol–water partition coefficient (Wildman–Crippen LogP) is 2.89. The quantitative estimate of drug-likeness (QED) is 0.493. The normalized spacial score (nSPS) is 11.6. The van der Waals surface area contributed by atoms with Crippen LogP contribution in [0.4, 0.5) is 0 Å². The Bertz CT molecular complexity index is 1100. The number of rotatable bonds is 6. The van der Waals surface area contributed by atoms with Crippen molar-refractivity contribution in [2.24, 2.45) is 5.10 Å². The first-order valence-corrected chi connectivity index (χ1v) is 9.63. The van der Waals surface area contributed by atoms with Gasteiger partial charge in [0.05, 0.1) is 18.9 Å². The number of ether oxygens (including phenoxy) is 1.